The SMILES string of the molecule is COc1cc(NCc2ccc(F)c(C)c2)c(Br)cc1Br. The van der Waals surface area contributed by atoms with E-state index < -0.39 is 0 Å². The fourth-order valence-corrected chi connectivity index (χ4v) is 3.13. The largest absolute Gasteiger partial charge is 0.495 e. The second-order valence-corrected chi connectivity index (χ2v) is 6.11. The molecule has 0 saturated carbocycles. The molecular formula is C15H14Br2FNO. The fraction of sp³-hybridized carbons (Fsp3) is 0.200. The smallest absolute Gasteiger partial charge is 0.135 e. The number of anilines is 1. The average Bonchev–Trinajstić information content (AvgIpc) is 2.41. The molecule has 2 rings (SSSR count). The molecule has 0 aromatic heterocycles. The lowest BCUT2D eigenvalue weighted by molar-refractivity contribution is 0.412. The van der Waals surface area contributed by atoms with Crippen molar-refractivity contribution in [3.8, 4) is 5.75 Å². The zero-order valence-corrected chi connectivity index (χ0v) is 14.3. The first-order valence-electron chi connectivity index (χ1n) is 6.03. The standard InChI is InChI=1S/C15H14Br2FNO/c1-9-5-10(3-4-13(9)18)8-19-14-7-15(20-2)12(17)6-11(14)16/h3-7,19H,8H2,1-2H3. The van der Waals surface area contributed by atoms with Crippen LogP contribution in [0.5, 0.6) is 5.75 Å². The number of aryl methyl sites for hydroxylation is 1. The van der Waals surface area contributed by atoms with Crippen molar-refractivity contribution in [1.82, 2.24) is 0 Å². The Morgan fingerprint density at radius 2 is 1.90 bits per heavy atom. The monoisotopic (exact) mass is 401 g/mol. The third-order valence-electron chi connectivity index (χ3n) is 2.95. The summed E-state index contributed by atoms with van der Waals surface area (Å²) >= 11 is 6.93. The van der Waals surface area contributed by atoms with E-state index >= 15 is 0 Å². The van der Waals surface area contributed by atoms with Crippen LogP contribution >= 0.6 is 31.9 Å². The van der Waals surface area contributed by atoms with Gasteiger partial charge in [0, 0.05) is 17.1 Å². The van der Waals surface area contributed by atoms with Gasteiger partial charge in [-0.15, -0.1) is 0 Å². The van der Waals surface area contributed by atoms with Gasteiger partial charge in [0.1, 0.15) is 11.6 Å². The molecule has 20 heavy (non-hydrogen) atoms. The van der Waals surface area contributed by atoms with Crippen LogP contribution < -0.4 is 10.1 Å². The van der Waals surface area contributed by atoms with E-state index in [-0.39, 0.29) is 5.82 Å². The maximum Gasteiger partial charge on any atom is 0.135 e. The van der Waals surface area contributed by atoms with Gasteiger partial charge < -0.3 is 10.1 Å². The molecular weight excluding hydrogens is 389 g/mol. The number of hydrogen-bond acceptors (Lipinski definition) is 2. The highest BCUT2D eigenvalue weighted by atomic mass is 79.9. The molecule has 0 bridgehead atoms. The molecule has 0 spiro atoms. The highest BCUT2D eigenvalue weighted by Gasteiger charge is 2.07. The van der Waals surface area contributed by atoms with E-state index in [9.17, 15) is 4.39 Å². The van der Waals surface area contributed by atoms with Gasteiger partial charge in [0.25, 0.3) is 0 Å². The molecule has 0 fully saturated rings. The predicted octanol–water partition coefficient (Wildman–Crippen LogP) is 5.28. The van der Waals surface area contributed by atoms with E-state index in [1.807, 2.05) is 18.2 Å². The molecule has 0 aliphatic carbocycles. The summed E-state index contributed by atoms with van der Waals surface area (Å²) in [4.78, 5) is 0. The van der Waals surface area contributed by atoms with Gasteiger partial charge in [-0.2, -0.15) is 0 Å². The Kier molecular flexibility index (Phi) is 5.05. The van der Waals surface area contributed by atoms with Crippen molar-refractivity contribution < 1.29 is 9.13 Å². The van der Waals surface area contributed by atoms with Crippen molar-refractivity contribution in [3.63, 3.8) is 0 Å². The first-order chi connectivity index (χ1) is 9.51. The van der Waals surface area contributed by atoms with E-state index in [0.717, 1.165) is 25.9 Å². The molecule has 2 aromatic rings. The van der Waals surface area contributed by atoms with Crippen molar-refractivity contribution in [3.05, 3.63) is 56.2 Å². The number of rotatable bonds is 4. The van der Waals surface area contributed by atoms with Crippen LogP contribution in [-0.2, 0) is 6.54 Å². The van der Waals surface area contributed by atoms with Gasteiger partial charge in [-0.1, -0.05) is 12.1 Å². The van der Waals surface area contributed by atoms with Crippen molar-refractivity contribution in [1.29, 1.82) is 0 Å². The minimum absolute atomic E-state index is 0.180. The van der Waals surface area contributed by atoms with Crippen LogP contribution in [-0.4, -0.2) is 7.11 Å². The summed E-state index contributed by atoms with van der Waals surface area (Å²) in [6, 6.07) is 8.94. The molecule has 0 radical (unpaired) electrons. The Balaban J connectivity index is 2.16. The predicted molar refractivity (Wildman–Crippen MR) is 86.9 cm³/mol. The Morgan fingerprint density at radius 3 is 2.55 bits per heavy atom. The first-order valence-corrected chi connectivity index (χ1v) is 7.62. The number of nitrogens with one attached hydrogen (secondary N) is 1. The molecule has 0 atom stereocenters. The van der Waals surface area contributed by atoms with Crippen LogP contribution in [0, 0.1) is 12.7 Å². The van der Waals surface area contributed by atoms with Gasteiger partial charge >= 0.3 is 0 Å². The zero-order chi connectivity index (χ0) is 14.7. The van der Waals surface area contributed by atoms with Gasteiger partial charge in [0.15, 0.2) is 0 Å². The molecule has 2 aromatic carbocycles. The Morgan fingerprint density at radius 1 is 1.15 bits per heavy atom. The lowest BCUT2D eigenvalue weighted by Crippen LogP contribution is -2.01. The highest BCUT2D eigenvalue weighted by molar-refractivity contribution is 9.11. The summed E-state index contributed by atoms with van der Waals surface area (Å²) < 4.78 is 20.3. The summed E-state index contributed by atoms with van der Waals surface area (Å²) in [5.41, 5.74) is 2.60. The molecule has 5 heteroatoms. The number of ether oxygens (including phenoxy) is 1. The quantitative estimate of drug-likeness (QED) is 0.751. The lowest BCUT2D eigenvalue weighted by atomic mass is 10.1. The normalized spacial score (nSPS) is 10.4. The van der Waals surface area contributed by atoms with Crippen molar-refractivity contribution in [2.75, 3.05) is 12.4 Å². The molecule has 2 nitrogen and oxygen atoms in total. The minimum Gasteiger partial charge on any atom is -0.495 e. The fourth-order valence-electron chi connectivity index (χ4n) is 1.84. The summed E-state index contributed by atoms with van der Waals surface area (Å²) in [6.45, 7) is 2.38. The van der Waals surface area contributed by atoms with Gasteiger partial charge in [-0.3, -0.25) is 0 Å². The van der Waals surface area contributed by atoms with Crippen LogP contribution in [0.15, 0.2) is 39.3 Å². The molecule has 0 heterocycles. The summed E-state index contributed by atoms with van der Waals surface area (Å²) in [5, 5.41) is 3.31. The van der Waals surface area contributed by atoms with Crippen LogP contribution in [0.1, 0.15) is 11.1 Å². The third-order valence-corrected chi connectivity index (χ3v) is 4.22. The van der Waals surface area contributed by atoms with Crippen LogP contribution in [0.3, 0.4) is 0 Å². The van der Waals surface area contributed by atoms with Gasteiger partial charge in [-0.05, 0) is 62.0 Å². The minimum atomic E-state index is -0.180. The Labute approximate surface area is 134 Å². The molecule has 0 aliphatic heterocycles. The molecule has 0 saturated heterocycles. The van der Waals surface area contributed by atoms with Gasteiger partial charge in [-0.25, -0.2) is 4.39 Å². The molecule has 106 valence electrons. The summed E-state index contributed by atoms with van der Waals surface area (Å²) in [5.74, 6) is 0.575. The number of methoxy groups -OCH3 is 1. The van der Waals surface area contributed by atoms with Crippen LogP contribution in [0.4, 0.5) is 10.1 Å². The molecule has 0 unspecified atom stereocenters. The topological polar surface area (TPSA) is 21.3 Å². The lowest BCUT2D eigenvalue weighted by Gasteiger charge is -2.12. The number of hydrogen-bond donors (Lipinski definition) is 1. The summed E-state index contributed by atoms with van der Waals surface area (Å²) in [6.07, 6.45) is 0. The van der Waals surface area contributed by atoms with Crippen molar-refractivity contribution in [2.45, 2.75) is 13.5 Å². The second-order valence-electron chi connectivity index (χ2n) is 4.40. The number of halogens is 3. The van der Waals surface area contributed by atoms with Crippen LogP contribution in [0.2, 0.25) is 0 Å². The van der Waals surface area contributed by atoms with Gasteiger partial charge in [0.05, 0.1) is 17.3 Å². The Bertz CT molecular complexity index is 632. The van der Waals surface area contributed by atoms with Crippen LogP contribution in [0.25, 0.3) is 0 Å². The second kappa shape index (κ2) is 6.59. The maximum absolute atomic E-state index is 13.2. The average molecular weight is 403 g/mol. The van der Waals surface area contributed by atoms with E-state index in [1.165, 1.54) is 6.07 Å². The number of benzene rings is 2. The van der Waals surface area contributed by atoms with Crippen molar-refractivity contribution >= 4 is 37.5 Å². The van der Waals surface area contributed by atoms with E-state index in [4.69, 9.17) is 4.74 Å². The molecule has 1 N–H and O–H groups in total. The molecule has 0 aliphatic rings. The summed E-state index contributed by atoms with van der Waals surface area (Å²) in [7, 11) is 1.63. The van der Waals surface area contributed by atoms with E-state index in [2.05, 4.69) is 37.2 Å². The molecule has 0 amide bonds. The van der Waals surface area contributed by atoms with E-state index in [0.29, 0.717) is 12.1 Å². The van der Waals surface area contributed by atoms with Crippen molar-refractivity contribution in [2.24, 2.45) is 0 Å². The first kappa shape index (κ1) is 15.3. The van der Waals surface area contributed by atoms with Gasteiger partial charge in [0.2, 0.25) is 0 Å². The highest BCUT2D eigenvalue weighted by Crippen LogP contribution is 2.34. The maximum atomic E-state index is 13.2. The third kappa shape index (κ3) is 3.52. The Hall–Kier alpha value is -1.07. The zero-order valence-electron chi connectivity index (χ0n) is 11.1. The van der Waals surface area contributed by atoms with E-state index in [1.54, 1.807) is 20.1 Å².